The first-order chi connectivity index (χ1) is 26.3. The molecule has 9 nitrogen and oxygen atoms in total. The zero-order chi connectivity index (χ0) is 38.9. The van der Waals surface area contributed by atoms with E-state index in [2.05, 4.69) is 53.7 Å². The molecule has 2 aliphatic rings. The predicted molar refractivity (Wildman–Crippen MR) is 234 cm³/mol. The number of methoxy groups -OCH3 is 3. The van der Waals surface area contributed by atoms with Crippen LogP contribution in [0.3, 0.4) is 0 Å². The number of piperidine rings is 2. The van der Waals surface area contributed by atoms with E-state index < -0.39 is 0 Å². The summed E-state index contributed by atoms with van der Waals surface area (Å²) < 4.78 is 33.5. The SMILES string of the molecule is CCOc1cc(C)c(OC)cc1-c1cccnc1.CCOc1cc(C)c(OC)cc1[C@@H]1CCCNC1.CCOc1cc(C)c(OC)cc1[C@H]1CCCNC1.Cl.Cl. The number of halogens is 2. The van der Waals surface area contributed by atoms with E-state index >= 15 is 0 Å². The average molecular weight is 815 g/mol. The van der Waals surface area contributed by atoms with E-state index in [-0.39, 0.29) is 24.8 Å². The van der Waals surface area contributed by atoms with E-state index in [1.807, 2.05) is 58.2 Å². The highest BCUT2D eigenvalue weighted by atomic mass is 35.5. The van der Waals surface area contributed by atoms with Crippen LogP contribution in [-0.4, -0.2) is 72.3 Å². The van der Waals surface area contributed by atoms with Crippen molar-refractivity contribution in [3.63, 3.8) is 0 Å². The molecule has 0 saturated carbocycles. The van der Waals surface area contributed by atoms with Crippen molar-refractivity contribution >= 4 is 24.8 Å². The van der Waals surface area contributed by atoms with Crippen LogP contribution in [-0.2, 0) is 0 Å². The number of hydrogen-bond acceptors (Lipinski definition) is 9. The lowest BCUT2D eigenvalue weighted by Crippen LogP contribution is -2.28. The number of nitrogens with one attached hydrogen (secondary N) is 2. The zero-order valence-electron chi connectivity index (χ0n) is 34.9. The Labute approximate surface area is 348 Å². The van der Waals surface area contributed by atoms with Gasteiger partial charge in [-0.25, -0.2) is 0 Å². The Morgan fingerprint density at radius 2 is 1.02 bits per heavy atom. The fourth-order valence-corrected chi connectivity index (χ4v) is 7.13. The molecule has 2 fully saturated rings. The van der Waals surface area contributed by atoms with Crippen molar-refractivity contribution in [3.05, 3.63) is 88.7 Å². The Balaban J connectivity index is 0.000000285. The Bertz CT molecular complexity index is 1650. The Hall–Kier alpha value is -3.89. The van der Waals surface area contributed by atoms with E-state index in [1.165, 1.54) is 36.8 Å². The second kappa shape index (κ2) is 25.4. The summed E-state index contributed by atoms with van der Waals surface area (Å²) in [6, 6.07) is 16.4. The van der Waals surface area contributed by atoms with Crippen LogP contribution in [0.2, 0.25) is 0 Å². The van der Waals surface area contributed by atoms with Gasteiger partial charge in [0.15, 0.2) is 0 Å². The summed E-state index contributed by atoms with van der Waals surface area (Å²) >= 11 is 0. The van der Waals surface area contributed by atoms with Crippen LogP contribution in [0.4, 0.5) is 0 Å². The van der Waals surface area contributed by atoms with Gasteiger partial charge in [-0.05, 0) is 139 Å². The van der Waals surface area contributed by atoms with Crippen LogP contribution >= 0.6 is 24.8 Å². The quantitative estimate of drug-likeness (QED) is 0.145. The smallest absolute Gasteiger partial charge is 0.127 e. The molecule has 2 aliphatic heterocycles. The summed E-state index contributed by atoms with van der Waals surface area (Å²) in [6.45, 7) is 18.5. The van der Waals surface area contributed by atoms with Crippen molar-refractivity contribution in [2.24, 2.45) is 0 Å². The molecule has 2 saturated heterocycles. The van der Waals surface area contributed by atoms with Gasteiger partial charge < -0.3 is 39.1 Å². The second-order valence-corrected chi connectivity index (χ2v) is 13.7. The van der Waals surface area contributed by atoms with Crippen LogP contribution < -0.4 is 39.1 Å². The summed E-state index contributed by atoms with van der Waals surface area (Å²) in [5.41, 5.74) is 7.93. The molecule has 0 spiro atoms. The Kier molecular flexibility index (Phi) is 21.9. The van der Waals surface area contributed by atoms with E-state index in [9.17, 15) is 0 Å². The minimum absolute atomic E-state index is 0. The van der Waals surface area contributed by atoms with Crippen LogP contribution in [0.25, 0.3) is 11.1 Å². The number of aryl methyl sites for hydroxylation is 3. The van der Waals surface area contributed by atoms with Crippen molar-refractivity contribution in [2.75, 3.05) is 67.3 Å². The monoisotopic (exact) mass is 813 g/mol. The maximum Gasteiger partial charge on any atom is 0.127 e. The average Bonchev–Trinajstić information content (AvgIpc) is 3.20. The molecule has 310 valence electrons. The first-order valence-electron chi connectivity index (χ1n) is 19.5. The maximum absolute atomic E-state index is 5.79. The molecule has 0 aliphatic carbocycles. The van der Waals surface area contributed by atoms with Crippen LogP contribution in [0.1, 0.15) is 86.1 Å². The van der Waals surface area contributed by atoms with Gasteiger partial charge in [-0.15, -0.1) is 24.8 Å². The molecule has 0 amide bonds. The third kappa shape index (κ3) is 13.4. The van der Waals surface area contributed by atoms with E-state index in [4.69, 9.17) is 28.4 Å². The van der Waals surface area contributed by atoms with Crippen molar-refractivity contribution in [2.45, 2.75) is 79.1 Å². The van der Waals surface area contributed by atoms with Gasteiger partial charge in [-0.1, -0.05) is 6.07 Å². The molecule has 0 bridgehead atoms. The van der Waals surface area contributed by atoms with Crippen molar-refractivity contribution in [1.29, 1.82) is 0 Å². The van der Waals surface area contributed by atoms with Crippen LogP contribution in [0.5, 0.6) is 34.5 Å². The van der Waals surface area contributed by atoms with Crippen molar-refractivity contribution in [3.8, 4) is 45.6 Å². The van der Waals surface area contributed by atoms with Gasteiger partial charge in [0.1, 0.15) is 34.5 Å². The minimum Gasteiger partial charge on any atom is -0.496 e. The van der Waals surface area contributed by atoms with Gasteiger partial charge in [0.2, 0.25) is 0 Å². The summed E-state index contributed by atoms with van der Waals surface area (Å²) in [4.78, 5) is 4.14. The topological polar surface area (TPSA) is 92.3 Å². The normalized spacial score (nSPS) is 15.9. The maximum atomic E-state index is 5.79. The Morgan fingerprint density at radius 3 is 1.39 bits per heavy atom. The molecule has 3 heterocycles. The number of hydrogen-bond donors (Lipinski definition) is 2. The lowest BCUT2D eigenvalue weighted by Gasteiger charge is -2.26. The molecule has 4 aromatic rings. The molecule has 2 atom stereocenters. The third-order valence-corrected chi connectivity index (χ3v) is 9.90. The van der Waals surface area contributed by atoms with Crippen molar-refractivity contribution < 1.29 is 28.4 Å². The van der Waals surface area contributed by atoms with E-state index in [1.54, 1.807) is 27.5 Å². The summed E-state index contributed by atoms with van der Waals surface area (Å²) in [7, 11) is 5.13. The largest absolute Gasteiger partial charge is 0.496 e. The minimum atomic E-state index is 0. The molecule has 2 N–H and O–H groups in total. The molecular weight excluding hydrogens is 749 g/mol. The first kappa shape index (κ1) is 48.3. The number of ether oxygens (including phenoxy) is 6. The van der Waals surface area contributed by atoms with Crippen LogP contribution in [0.15, 0.2) is 60.9 Å². The lowest BCUT2D eigenvalue weighted by atomic mass is 9.90. The second-order valence-electron chi connectivity index (χ2n) is 13.7. The molecule has 1 aromatic heterocycles. The summed E-state index contributed by atoms with van der Waals surface area (Å²) in [5, 5.41) is 6.92. The highest BCUT2D eigenvalue weighted by Gasteiger charge is 2.22. The molecule has 0 unspecified atom stereocenters. The van der Waals surface area contributed by atoms with Crippen LogP contribution in [0, 0.1) is 20.8 Å². The van der Waals surface area contributed by atoms with E-state index in [0.717, 1.165) is 88.5 Å². The highest BCUT2D eigenvalue weighted by molar-refractivity contribution is 5.85. The fraction of sp³-hybridized carbons (Fsp3) is 0.489. The summed E-state index contributed by atoms with van der Waals surface area (Å²) in [6.07, 6.45) is 8.49. The van der Waals surface area contributed by atoms with Gasteiger partial charge in [0.05, 0.1) is 41.2 Å². The fourth-order valence-electron chi connectivity index (χ4n) is 7.13. The highest BCUT2D eigenvalue weighted by Crippen LogP contribution is 2.38. The number of rotatable bonds is 12. The van der Waals surface area contributed by atoms with Gasteiger partial charge >= 0.3 is 0 Å². The third-order valence-electron chi connectivity index (χ3n) is 9.90. The van der Waals surface area contributed by atoms with Gasteiger partial charge in [0, 0.05) is 59.6 Å². The number of nitrogens with zero attached hydrogens (tertiary/aromatic N) is 1. The predicted octanol–water partition coefficient (Wildman–Crippen LogP) is 10.0. The summed E-state index contributed by atoms with van der Waals surface area (Å²) in [5.74, 6) is 6.75. The molecule has 0 radical (unpaired) electrons. The van der Waals surface area contributed by atoms with Gasteiger partial charge in [0.25, 0.3) is 0 Å². The molecular formula is C45H65Cl2N3O6. The first-order valence-corrected chi connectivity index (χ1v) is 19.5. The van der Waals surface area contributed by atoms with Gasteiger partial charge in [-0.2, -0.15) is 0 Å². The van der Waals surface area contributed by atoms with Gasteiger partial charge in [-0.3, -0.25) is 4.98 Å². The Morgan fingerprint density at radius 1 is 0.589 bits per heavy atom. The molecule has 6 rings (SSSR count). The zero-order valence-corrected chi connectivity index (χ0v) is 36.6. The number of pyridine rings is 1. The molecule has 3 aromatic carbocycles. The number of benzene rings is 3. The molecule has 56 heavy (non-hydrogen) atoms. The van der Waals surface area contributed by atoms with Crippen molar-refractivity contribution in [1.82, 2.24) is 15.6 Å². The number of aromatic nitrogens is 1. The lowest BCUT2D eigenvalue weighted by molar-refractivity contribution is 0.327. The molecule has 11 heteroatoms. The standard InChI is InChI=1S/2C15H23NO2.C15H17NO2.2ClH/c3*1-4-18-15-8-11(2)14(17-3)9-13(15)12-6-5-7-16-10-12;;/h2*8-9,12,16H,4-7,10H2,1-3H3;5-10H,4H2,1-3H3;2*1H/t2*12-;;;/m10.../s1. The van der Waals surface area contributed by atoms with E-state index in [0.29, 0.717) is 31.7 Å².